The molecule has 0 amide bonds. The first-order valence-corrected chi connectivity index (χ1v) is 24.5. The molecule has 4 heteroatoms. The maximum atomic E-state index is 6.95. The lowest BCUT2D eigenvalue weighted by molar-refractivity contribution is 0.487. The van der Waals surface area contributed by atoms with Gasteiger partial charge in [-0.3, -0.25) is 0 Å². The second-order valence-electron chi connectivity index (χ2n) is 19.9. The summed E-state index contributed by atoms with van der Waals surface area (Å²) < 4.78 is 13.9. The molecule has 16 rings (SSSR count). The molecule has 70 heavy (non-hydrogen) atoms. The van der Waals surface area contributed by atoms with Crippen molar-refractivity contribution in [2.24, 2.45) is 0 Å². The molecular formula is C66H40B2O2. The first kappa shape index (κ1) is 38.4. The monoisotopic (exact) mass is 886 g/mol. The molecule has 4 aliphatic rings. The lowest BCUT2D eigenvalue weighted by atomic mass is 9.31. The zero-order valence-corrected chi connectivity index (χ0v) is 38.6. The Balaban J connectivity index is 1.17. The van der Waals surface area contributed by atoms with Crippen LogP contribution in [0, 0.1) is 13.8 Å². The Hall–Kier alpha value is -8.59. The van der Waals surface area contributed by atoms with E-state index in [9.17, 15) is 0 Å². The Morgan fingerprint density at radius 3 is 1.10 bits per heavy atom. The third-order valence-electron chi connectivity index (χ3n) is 16.0. The van der Waals surface area contributed by atoms with Gasteiger partial charge in [0.15, 0.2) is 0 Å². The van der Waals surface area contributed by atoms with Crippen molar-refractivity contribution in [2.45, 2.75) is 13.8 Å². The van der Waals surface area contributed by atoms with Gasteiger partial charge in [-0.15, -0.1) is 0 Å². The Kier molecular flexibility index (Phi) is 7.68. The fourth-order valence-corrected chi connectivity index (χ4v) is 13.3. The Morgan fingerprint density at radius 2 is 0.657 bits per heavy atom. The smallest absolute Gasteiger partial charge is 0.252 e. The molecular weight excluding hydrogens is 846 g/mol. The standard InChI is InChI=1S/C66H40B2O2/c1-37-29-51-47-33-45(43-23-11-9-21-41(43)39-17-5-3-6-18-39)49-36-56-62-48(52-30-38(2)32-60-66(52)68(56)54-26-14-16-28-58(54)70-60)34-46(44-24-12-10-22-42(44)40-19-7-4-8-20-40)50-35-55(61(47)63(49)64(50)62)67-53-25-13-15-27-57(53)69-59(31-37)65(51)67/h3-36H,1-2H3. The van der Waals surface area contributed by atoms with Crippen LogP contribution in [0.4, 0.5) is 0 Å². The van der Waals surface area contributed by atoms with Gasteiger partial charge in [-0.25, -0.2) is 0 Å². The van der Waals surface area contributed by atoms with Crippen molar-refractivity contribution in [3.63, 3.8) is 0 Å². The third-order valence-corrected chi connectivity index (χ3v) is 16.0. The minimum Gasteiger partial charge on any atom is -0.458 e. The van der Waals surface area contributed by atoms with Gasteiger partial charge in [-0.2, -0.15) is 0 Å². The van der Waals surface area contributed by atoms with E-state index in [2.05, 4.69) is 220 Å². The van der Waals surface area contributed by atoms with Crippen LogP contribution < -0.4 is 42.3 Å². The predicted molar refractivity (Wildman–Crippen MR) is 295 cm³/mol. The second kappa shape index (κ2) is 14.0. The van der Waals surface area contributed by atoms with E-state index in [1.165, 1.54) is 143 Å². The molecule has 4 aliphatic heterocycles. The van der Waals surface area contributed by atoms with Crippen LogP contribution in [0.25, 0.3) is 99.1 Å². The summed E-state index contributed by atoms with van der Waals surface area (Å²) in [6, 6.07) is 77.0. The fourth-order valence-electron chi connectivity index (χ4n) is 13.3. The number of aryl methyl sites for hydroxylation is 2. The molecule has 0 saturated carbocycles. The molecule has 0 bridgehead atoms. The summed E-state index contributed by atoms with van der Waals surface area (Å²) in [4.78, 5) is 0. The minimum absolute atomic E-state index is 0.0327. The van der Waals surface area contributed by atoms with Gasteiger partial charge in [0, 0.05) is 0 Å². The highest BCUT2D eigenvalue weighted by Gasteiger charge is 2.44. The fraction of sp³-hybridized carbons (Fsp3) is 0.0303. The highest BCUT2D eigenvalue weighted by Crippen LogP contribution is 2.52. The van der Waals surface area contributed by atoms with E-state index in [0.717, 1.165) is 23.0 Å². The largest absolute Gasteiger partial charge is 0.458 e. The summed E-state index contributed by atoms with van der Waals surface area (Å²) in [7, 11) is 0. The molecule has 322 valence electrons. The maximum Gasteiger partial charge on any atom is 0.252 e. The van der Waals surface area contributed by atoms with Gasteiger partial charge >= 0.3 is 0 Å². The van der Waals surface area contributed by atoms with E-state index in [4.69, 9.17) is 9.47 Å². The quantitative estimate of drug-likeness (QED) is 0.129. The van der Waals surface area contributed by atoms with Gasteiger partial charge in [0.05, 0.1) is 0 Å². The van der Waals surface area contributed by atoms with Gasteiger partial charge in [-0.05, 0) is 182 Å². The predicted octanol–water partition coefficient (Wildman–Crippen LogP) is 13.1. The Labute approximate surface area is 406 Å². The van der Waals surface area contributed by atoms with Crippen LogP contribution in [0.2, 0.25) is 0 Å². The van der Waals surface area contributed by atoms with Crippen LogP contribution >= 0.6 is 0 Å². The molecule has 4 heterocycles. The highest BCUT2D eigenvalue weighted by molar-refractivity contribution is 7.01. The van der Waals surface area contributed by atoms with E-state index in [0.29, 0.717) is 0 Å². The normalized spacial score (nSPS) is 13.2. The van der Waals surface area contributed by atoms with E-state index in [1.807, 2.05) is 0 Å². The first-order valence-electron chi connectivity index (χ1n) is 24.5. The Morgan fingerprint density at radius 1 is 0.271 bits per heavy atom. The van der Waals surface area contributed by atoms with Crippen molar-refractivity contribution >= 4 is 78.5 Å². The third kappa shape index (κ3) is 5.10. The van der Waals surface area contributed by atoms with Crippen molar-refractivity contribution in [1.29, 1.82) is 0 Å². The number of benzene rings is 12. The molecule has 0 saturated heterocycles. The van der Waals surface area contributed by atoms with E-state index >= 15 is 0 Å². The second-order valence-corrected chi connectivity index (χ2v) is 19.9. The van der Waals surface area contributed by atoms with Crippen LogP contribution in [-0.2, 0) is 0 Å². The van der Waals surface area contributed by atoms with Crippen LogP contribution in [-0.4, -0.2) is 13.4 Å². The number of rotatable bonds is 4. The van der Waals surface area contributed by atoms with E-state index in [-0.39, 0.29) is 13.4 Å². The summed E-state index contributed by atoms with van der Waals surface area (Å²) >= 11 is 0. The van der Waals surface area contributed by atoms with Crippen molar-refractivity contribution in [1.82, 2.24) is 0 Å². The van der Waals surface area contributed by atoms with E-state index < -0.39 is 0 Å². The topological polar surface area (TPSA) is 18.5 Å². The number of hydrogen-bond acceptors (Lipinski definition) is 2. The van der Waals surface area contributed by atoms with Crippen LogP contribution in [0.3, 0.4) is 0 Å². The molecule has 0 fully saturated rings. The SMILES string of the molecule is Cc1cc2c3c(c1)-c1cc(-c4ccccc4-c4ccccc4)c4cc5c6c(cc(-c7ccccc7-c7ccccc7)c7cc(c1c4c76)B3c1ccccc1O2)-c1cc(C)cc2c1B5c1ccccc1O2. The first-order chi connectivity index (χ1) is 34.6. The number of para-hydroxylation sites is 2. The Bertz CT molecular complexity index is 3990. The molecule has 0 N–H and O–H groups in total. The summed E-state index contributed by atoms with van der Waals surface area (Å²) in [5, 5.41) is 7.88. The zero-order valence-electron chi connectivity index (χ0n) is 38.6. The van der Waals surface area contributed by atoms with Crippen molar-refractivity contribution in [3.8, 4) is 89.8 Å². The highest BCUT2D eigenvalue weighted by atomic mass is 16.5. The van der Waals surface area contributed by atoms with Crippen molar-refractivity contribution in [3.05, 3.63) is 217 Å². The molecule has 2 nitrogen and oxygen atoms in total. The van der Waals surface area contributed by atoms with Gasteiger partial charge in [0.2, 0.25) is 0 Å². The summed E-state index contributed by atoms with van der Waals surface area (Å²) in [5.74, 6) is 3.75. The summed E-state index contributed by atoms with van der Waals surface area (Å²) in [6.45, 7) is 4.37. The zero-order chi connectivity index (χ0) is 45.9. The van der Waals surface area contributed by atoms with Crippen LogP contribution in [0.15, 0.2) is 206 Å². The number of ether oxygens (including phenoxy) is 2. The minimum atomic E-state index is -0.0327. The molecule has 0 unspecified atom stereocenters. The van der Waals surface area contributed by atoms with Gasteiger partial charge in [0.1, 0.15) is 23.0 Å². The lowest BCUT2D eigenvalue weighted by Gasteiger charge is -2.37. The number of hydrogen-bond donors (Lipinski definition) is 0. The summed E-state index contributed by atoms with van der Waals surface area (Å²) in [6.07, 6.45) is 0. The molecule has 12 aromatic rings. The molecule has 12 aromatic carbocycles. The average Bonchev–Trinajstić information content (AvgIpc) is 3.40. The molecule has 0 atom stereocenters. The van der Waals surface area contributed by atoms with Gasteiger partial charge in [-0.1, -0.05) is 181 Å². The van der Waals surface area contributed by atoms with Crippen LogP contribution in [0.5, 0.6) is 23.0 Å². The maximum absolute atomic E-state index is 6.95. The van der Waals surface area contributed by atoms with Crippen molar-refractivity contribution < 1.29 is 9.47 Å². The molecule has 0 aliphatic carbocycles. The number of fused-ring (bicyclic) bond motifs is 8. The van der Waals surface area contributed by atoms with E-state index in [1.54, 1.807) is 0 Å². The van der Waals surface area contributed by atoms with Gasteiger partial charge in [0.25, 0.3) is 13.4 Å². The summed E-state index contributed by atoms with van der Waals surface area (Å²) in [5.41, 5.74) is 24.7. The lowest BCUT2D eigenvalue weighted by Crippen LogP contribution is -2.58. The molecule has 0 spiro atoms. The average molecular weight is 887 g/mol. The van der Waals surface area contributed by atoms with Crippen LogP contribution in [0.1, 0.15) is 11.1 Å². The molecule has 0 radical (unpaired) electrons. The van der Waals surface area contributed by atoms with Gasteiger partial charge < -0.3 is 9.47 Å². The molecule has 0 aromatic heterocycles. The van der Waals surface area contributed by atoms with Crippen molar-refractivity contribution in [2.75, 3.05) is 0 Å².